The molecule has 0 amide bonds. The first-order valence-electron chi connectivity index (χ1n) is 5.04. The molecule has 0 atom stereocenters. The van der Waals surface area contributed by atoms with Crippen molar-refractivity contribution in [3.63, 3.8) is 0 Å². The predicted molar refractivity (Wildman–Crippen MR) is 68.9 cm³/mol. The maximum absolute atomic E-state index is 11.1. The largest absolute Gasteiger partial charge is 0.496 e. The van der Waals surface area contributed by atoms with E-state index in [-0.39, 0.29) is 5.75 Å². The lowest BCUT2D eigenvalue weighted by Crippen LogP contribution is -2.11. The average molecular weight is 278 g/mol. The Morgan fingerprint density at radius 1 is 1.35 bits per heavy atom. The van der Waals surface area contributed by atoms with Gasteiger partial charge in [0.15, 0.2) is 0 Å². The molecule has 0 radical (unpaired) electrons. The van der Waals surface area contributed by atoms with Crippen LogP contribution in [0.1, 0.15) is 11.1 Å². The van der Waals surface area contributed by atoms with Crippen LogP contribution in [0.25, 0.3) is 0 Å². The molecule has 0 saturated heterocycles. The lowest BCUT2D eigenvalue weighted by Gasteiger charge is -2.13. The van der Waals surface area contributed by atoms with Gasteiger partial charge >= 0.3 is 0 Å². The molecule has 0 saturated carbocycles. The summed E-state index contributed by atoms with van der Waals surface area (Å²) in [6.07, 6.45) is 0. The molecule has 0 heterocycles. The zero-order valence-electron chi connectivity index (χ0n) is 10.1. The van der Waals surface area contributed by atoms with Crippen LogP contribution in [0.2, 0.25) is 0 Å². The van der Waals surface area contributed by atoms with Gasteiger partial charge in [0, 0.05) is 22.8 Å². The molecule has 17 heavy (non-hydrogen) atoms. The van der Waals surface area contributed by atoms with Gasteiger partial charge in [-0.2, -0.15) is 0 Å². The average Bonchev–Trinajstić information content (AvgIpc) is 2.14. The van der Waals surface area contributed by atoms with Crippen molar-refractivity contribution in [3.8, 4) is 5.75 Å². The molecule has 1 rings (SSSR count). The van der Waals surface area contributed by atoms with Gasteiger partial charge in [-0.25, -0.2) is 8.42 Å². The van der Waals surface area contributed by atoms with E-state index in [1.54, 1.807) is 12.1 Å². The van der Waals surface area contributed by atoms with Gasteiger partial charge in [0.25, 0.3) is 0 Å². The van der Waals surface area contributed by atoms with E-state index in [1.165, 1.54) is 7.11 Å². The molecule has 1 aromatic carbocycles. The lowest BCUT2D eigenvalue weighted by atomic mass is 10.1. The van der Waals surface area contributed by atoms with E-state index in [1.807, 2.05) is 25.1 Å². The Kier molecular flexibility index (Phi) is 4.80. The quantitative estimate of drug-likeness (QED) is 0.771. The standard InChI is InChI=1S/C11H16ClNO3S/c1-13(2)7-9-4-5-11(16-3)10(6-9)8-17(12,14)15/h4-6H,7-8H2,1-3H3. The van der Waals surface area contributed by atoms with Gasteiger partial charge in [-0.05, 0) is 31.8 Å². The second kappa shape index (κ2) is 5.71. The number of ether oxygens (including phenoxy) is 1. The van der Waals surface area contributed by atoms with Gasteiger partial charge in [0.2, 0.25) is 9.05 Å². The Hall–Kier alpha value is -0.780. The minimum absolute atomic E-state index is 0.223. The maximum atomic E-state index is 11.1. The van der Waals surface area contributed by atoms with Gasteiger partial charge in [0.05, 0.1) is 12.9 Å². The van der Waals surface area contributed by atoms with Crippen molar-refractivity contribution in [2.75, 3.05) is 21.2 Å². The second-order valence-corrected chi connectivity index (χ2v) is 6.84. The Balaban J connectivity index is 3.06. The highest BCUT2D eigenvalue weighted by Gasteiger charge is 2.13. The van der Waals surface area contributed by atoms with Crippen molar-refractivity contribution in [3.05, 3.63) is 29.3 Å². The summed E-state index contributed by atoms with van der Waals surface area (Å²) in [4.78, 5) is 2.00. The summed E-state index contributed by atoms with van der Waals surface area (Å²) in [5.41, 5.74) is 1.60. The van der Waals surface area contributed by atoms with Gasteiger partial charge in [-0.3, -0.25) is 0 Å². The molecule has 0 aliphatic rings. The minimum Gasteiger partial charge on any atom is -0.496 e. The van der Waals surface area contributed by atoms with Crippen molar-refractivity contribution in [1.29, 1.82) is 0 Å². The van der Waals surface area contributed by atoms with E-state index < -0.39 is 9.05 Å². The van der Waals surface area contributed by atoms with Crippen LogP contribution in [0.15, 0.2) is 18.2 Å². The van der Waals surface area contributed by atoms with E-state index in [4.69, 9.17) is 15.4 Å². The molecule has 6 heteroatoms. The first kappa shape index (κ1) is 14.3. The van der Waals surface area contributed by atoms with Crippen LogP contribution in [-0.4, -0.2) is 34.5 Å². The van der Waals surface area contributed by atoms with Gasteiger partial charge in [-0.15, -0.1) is 0 Å². The molecule has 0 unspecified atom stereocenters. The molecule has 0 aliphatic carbocycles. The minimum atomic E-state index is -3.58. The topological polar surface area (TPSA) is 46.6 Å². The molecular weight excluding hydrogens is 262 g/mol. The summed E-state index contributed by atoms with van der Waals surface area (Å²) in [5.74, 6) is 0.315. The molecule has 4 nitrogen and oxygen atoms in total. The summed E-state index contributed by atoms with van der Waals surface area (Å²) >= 11 is 0. The number of rotatable bonds is 5. The van der Waals surface area contributed by atoms with E-state index in [2.05, 4.69) is 0 Å². The van der Waals surface area contributed by atoms with Crippen LogP contribution in [0.4, 0.5) is 0 Å². The summed E-state index contributed by atoms with van der Waals surface area (Å²) in [6, 6.07) is 5.47. The molecule has 1 aromatic rings. The van der Waals surface area contributed by atoms with Crippen LogP contribution < -0.4 is 4.74 Å². The lowest BCUT2D eigenvalue weighted by molar-refractivity contribution is 0.398. The molecular formula is C11H16ClNO3S. The number of benzene rings is 1. The van der Waals surface area contributed by atoms with Gasteiger partial charge < -0.3 is 9.64 Å². The summed E-state index contributed by atoms with van der Waals surface area (Å²) in [5, 5.41) is 0. The number of hydrogen-bond acceptors (Lipinski definition) is 4. The third-order valence-electron chi connectivity index (χ3n) is 2.17. The molecule has 0 aromatic heterocycles. The summed E-state index contributed by atoms with van der Waals surface area (Å²) in [6.45, 7) is 0.735. The van der Waals surface area contributed by atoms with E-state index in [9.17, 15) is 8.42 Å². The van der Waals surface area contributed by atoms with Crippen molar-refractivity contribution < 1.29 is 13.2 Å². The number of halogens is 1. The number of methoxy groups -OCH3 is 1. The van der Waals surface area contributed by atoms with Crippen LogP contribution in [0.3, 0.4) is 0 Å². The molecule has 0 fully saturated rings. The third-order valence-corrected chi connectivity index (χ3v) is 3.15. The van der Waals surface area contributed by atoms with Gasteiger partial charge in [0.1, 0.15) is 5.75 Å². The first-order valence-corrected chi connectivity index (χ1v) is 7.52. The zero-order valence-corrected chi connectivity index (χ0v) is 11.7. The van der Waals surface area contributed by atoms with Gasteiger partial charge in [-0.1, -0.05) is 6.07 Å². The molecule has 0 aliphatic heterocycles. The van der Waals surface area contributed by atoms with Crippen molar-refractivity contribution in [2.45, 2.75) is 12.3 Å². The maximum Gasteiger partial charge on any atom is 0.236 e. The number of nitrogens with zero attached hydrogens (tertiary/aromatic N) is 1. The fourth-order valence-electron chi connectivity index (χ4n) is 1.59. The number of hydrogen-bond donors (Lipinski definition) is 0. The Bertz CT molecular complexity index is 485. The van der Waals surface area contributed by atoms with E-state index in [0.717, 1.165) is 12.1 Å². The highest BCUT2D eigenvalue weighted by Crippen LogP contribution is 2.23. The Labute approximate surface area is 107 Å². The molecule has 96 valence electrons. The van der Waals surface area contributed by atoms with Crippen LogP contribution in [0.5, 0.6) is 5.75 Å². The fourth-order valence-corrected chi connectivity index (χ4v) is 2.54. The second-order valence-electron chi connectivity index (χ2n) is 4.07. The van der Waals surface area contributed by atoms with Crippen molar-refractivity contribution in [1.82, 2.24) is 4.90 Å². The predicted octanol–water partition coefficient (Wildman–Crippen LogP) is 1.83. The van der Waals surface area contributed by atoms with Crippen molar-refractivity contribution in [2.24, 2.45) is 0 Å². The molecule has 0 spiro atoms. The zero-order chi connectivity index (χ0) is 13.1. The van der Waals surface area contributed by atoms with E-state index >= 15 is 0 Å². The normalized spacial score (nSPS) is 11.8. The molecule has 0 N–H and O–H groups in total. The highest BCUT2D eigenvalue weighted by atomic mass is 35.7. The van der Waals surface area contributed by atoms with Crippen LogP contribution in [0, 0.1) is 0 Å². The summed E-state index contributed by atoms with van der Waals surface area (Å²) < 4.78 is 27.3. The smallest absolute Gasteiger partial charge is 0.236 e. The summed E-state index contributed by atoms with van der Waals surface area (Å²) in [7, 11) is 7.08. The fraction of sp³-hybridized carbons (Fsp3) is 0.455. The van der Waals surface area contributed by atoms with Crippen LogP contribution in [-0.2, 0) is 21.3 Å². The third kappa shape index (κ3) is 4.93. The van der Waals surface area contributed by atoms with Crippen LogP contribution >= 0.6 is 10.7 Å². The molecule has 0 bridgehead atoms. The van der Waals surface area contributed by atoms with E-state index in [0.29, 0.717) is 11.3 Å². The highest BCUT2D eigenvalue weighted by molar-refractivity contribution is 8.13. The van der Waals surface area contributed by atoms with Crippen molar-refractivity contribution >= 4 is 19.7 Å². The Morgan fingerprint density at radius 3 is 2.47 bits per heavy atom. The SMILES string of the molecule is COc1ccc(CN(C)C)cc1CS(=O)(=O)Cl. The Morgan fingerprint density at radius 2 is 2.00 bits per heavy atom. The first-order chi connectivity index (χ1) is 7.81. The monoisotopic (exact) mass is 277 g/mol.